The van der Waals surface area contributed by atoms with E-state index >= 15 is 0 Å². The van der Waals surface area contributed by atoms with Crippen molar-refractivity contribution in [1.29, 1.82) is 0 Å². The zero-order valence-electron chi connectivity index (χ0n) is 8.70. The average Bonchev–Trinajstić information content (AvgIpc) is 2.19. The van der Waals surface area contributed by atoms with E-state index in [2.05, 4.69) is 20.9 Å². The molecule has 0 radical (unpaired) electrons. The molecule has 0 fully saturated rings. The summed E-state index contributed by atoms with van der Waals surface area (Å²) in [5.41, 5.74) is 3.75. The van der Waals surface area contributed by atoms with Gasteiger partial charge in [-0.1, -0.05) is 29.8 Å². The molecule has 1 aromatic rings. The highest BCUT2D eigenvalue weighted by Gasteiger charge is 2.34. The SMILES string of the molecule is CC.Nc1nc(C(F)(F)F)cc(F)c1CBr. The number of aromatic nitrogens is 1. The molecular formula is C9H11BrF4N2. The van der Waals surface area contributed by atoms with E-state index in [-0.39, 0.29) is 10.9 Å². The molecule has 0 atom stereocenters. The number of rotatable bonds is 1. The molecule has 0 aliphatic rings. The lowest BCUT2D eigenvalue weighted by Crippen LogP contribution is -2.12. The van der Waals surface area contributed by atoms with Gasteiger partial charge < -0.3 is 5.73 Å². The number of nitrogens with two attached hydrogens (primary N) is 1. The third-order valence-corrected chi connectivity index (χ3v) is 2.09. The number of hydrogen-bond donors (Lipinski definition) is 1. The van der Waals surface area contributed by atoms with E-state index in [1.807, 2.05) is 13.8 Å². The molecule has 1 aromatic heterocycles. The number of hydrogen-bond acceptors (Lipinski definition) is 2. The molecule has 0 saturated heterocycles. The van der Waals surface area contributed by atoms with Crippen LogP contribution in [0.4, 0.5) is 23.4 Å². The van der Waals surface area contributed by atoms with E-state index in [4.69, 9.17) is 5.73 Å². The maximum Gasteiger partial charge on any atom is 0.433 e. The Morgan fingerprint density at radius 3 is 2.19 bits per heavy atom. The Morgan fingerprint density at radius 1 is 1.38 bits per heavy atom. The number of nitrogen functional groups attached to an aromatic ring is 1. The summed E-state index contributed by atoms with van der Waals surface area (Å²) in [6.07, 6.45) is -4.68. The molecule has 0 amide bonds. The maximum atomic E-state index is 13.0. The molecule has 92 valence electrons. The third kappa shape index (κ3) is 3.62. The minimum atomic E-state index is -4.68. The number of nitrogens with zero attached hydrogens (tertiary/aromatic N) is 1. The van der Waals surface area contributed by atoms with Crippen molar-refractivity contribution in [1.82, 2.24) is 4.98 Å². The minimum Gasteiger partial charge on any atom is -0.383 e. The predicted octanol–water partition coefficient (Wildman–Crippen LogP) is 3.74. The third-order valence-electron chi connectivity index (χ3n) is 1.53. The summed E-state index contributed by atoms with van der Waals surface area (Å²) in [4.78, 5) is 3.06. The van der Waals surface area contributed by atoms with Crippen molar-refractivity contribution >= 4 is 21.7 Å². The highest BCUT2D eigenvalue weighted by atomic mass is 79.9. The van der Waals surface area contributed by atoms with Crippen molar-refractivity contribution in [2.24, 2.45) is 0 Å². The quantitative estimate of drug-likeness (QED) is 0.634. The first-order valence-electron chi connectivity index (χ1n) is 4.44. The Hall–Kier alpha value is -0.850. The van der Waals surface area contributed by atoms with Gasteiger partial charge in [-0.3, -0.25) is 0 Å². The fourth-order valence-electron chi connectivity index (χ4n) is 0.837. The van der Waals surface area contributed by atoms with Crippen LogP contribution in [0.3, 0.4) is 0 Å². The monoisotopic (exact) mass is 302 g/mol. The largest absolute Gasteiger partial charge is 0.433 e. The van der Waals surface area contributed by atoms with E-state index in [1.165, 1.54) is 0 Å². The second kappa shape index (κ2) is 6.03. The van der Waals surface area contributed by atoms with Crippen molar-refractivity contribution in [2.75, 3.05) is 5.73 Å². The van der Waals surface area contributed by atoms with Gasteiger partial charge in [0.15, 0.2) is 0 Å². The Labute approximate surface area is 99.0 Å². The minimum absolute atomic E-state index is 0.0236. The lowest BCUT2D eigenvalue weighted by molar-refractivity contribution is -0.141. The summed E-state index contributed by atoms with van der Waals surface area (Å²) in [5.74, 6) is -1.46. The lowest BCUT2D eigenvalue weighted by atomic mass is 10.2. The van der Waals surface area contributed by atoms with Crippen molar-refractivity contribution < 1.29 is 17.6 Å². The molecule has 0 aromatic carbocycles. The van der Waals surface area contributed by atoms with E-state index < -0.39 is 23.5 Å². The van der Waals surface area contributed by atoms with Gasteiger partial charge in [0.2, 0.25) is 0 Å². The van der Waals surface area contributed by atoms with Crippen LogP contribution in [0.5, 0.6) is 0 Å². The Balaban J connectivity index is 0.00000106. The second-order valence-corrected chi connectivity index (χ2v) is 3.05. The fourth-order valence-corrected chi connectivity index (χ4v) is 1.39. The van der Waals surface area contributed by atoms with Gasteiger partial charge >= 0.3 is 6.18 Å². The van der Waals surface area contributed by atoms with Crippen LogP contribution in [0.1, 0.15) is 25.1 Å². The number of alkyl halides is 4. The standard InChI is InChI=1S/C7H5BrF4N2.C2H6/c8-2-3-4(9)1-5(7(10,11)12)14-6(3)13;1-2/h1H,2H2,(H2,13,14);1-2H3. The lowest BCUT2D eigenvalue weighted by Gasteiger charge is -2.09. The summed E-state index contributed by atoms with van der Waals surface area (Å²) in [6, 6.07) is 0.326. The fraction of sp³-hybridized carbons (Fsp3) is 0.444. The highest BCUT2D eigenvalue weighted by Crippen LogP contribution is 2.30. The van der Waals surface area contributed by atoms with Gasteiger partial charge in [0.25, 0.3) is 0 Å². The molecule has 0 spiro atoms. The average molecular weight is 303 g/mol. The number of anilines is 1. The topological polar surface area (TPSA) is 38.9 Å². The molecule has 1 heterocycles. The molecule has 7 heteroatoms. The summed E-state index contributed by atoms with van der Waals surface area (Å²) >= 11 is 2.89. The van der Waals surface area contributed by atoms with Gasteiger partial charge in [0.1, 0.15) is 17.3 Å². The van der Waals surface area contributed by atoms with Crippen molar-refractivity contribution in [3.8, 4) is 0 Å². The molecular weight excluding hydrogens is 292 g/mol. The van der Waals surface area contributed by atoms with Gasteiger partial charge in [0, 0.05) is 17.0 Å². The van der Waals surface area contributed by atoms with Crippen LogP contribution in [0.15, 0.2) is 6.07 Å². The van der Waals surface area contributed by atoms with Gasteiger partial charge in [-0.15, -0.1) is 0 Å². The van der Waals surface area contributed by atoms with E-state index in [0.717, 1.165) is 0 Å². The predicted molar refractivity (Wildman–Crippen MR) is 57.6 cm³/mol. The molecule has 0 bridgehead atoms. The molecule has 1 rings (SSSR count). The molecule has 0 saturated carbocycles. The Bertz CT molecular complexity index is 329. The van der Waals surface area contributed by atoms with Crippen LogP contribution in [-0.2, 0) is 11.5 Å². The molecule has 16 heavy (non-hydrogen) atoms. The van der Waals surface area contributed by atoms with E-state index in [0.29, 0.717) is 6.07 Å². The van der Waals surface area contributed by atoms with Crippen LogP contribution in [0, 0.1) is 5.82 Å². The summed E-state index contributed by atoms with van der Waals surface area (Å²) in [6.45, 7) is 4.00. The van der Waals surface area contributed by atoms with Gasteiger partial charge in [-0.2, -0.15) is 13.2 Å². The van der Waals surface area contributed by atoms with Crippen LogP contribution in [0.25, 0.3) is 0 Å². The van der Waals surface area contributed by atoms with Crippen molar-refractivity contribution in [2.45, 2.75) is 25.4 Å². The molecule has 0 aliphatic carbocycles. The van der Waals surface area contributed by atoms with Crippen LogP contribution in [0.2, 0.25) is 0 Å². The van der Waals surface area contributed by atoms with E-state index in [1.54, 1.807) is 0 Å². The van der Waals surface area contributed by atoms with Crippen molar-refractivity contribution in [3.05, 3.63) is 23.1 Å². The number of pyridine rings is 1. The maximum absolute atomic E-state index is 13.0. The number of halogens is 5. The summed E-state index contributed by atoms with van der Waals surface area (Å²) < 4.78 is 49.3. The van der Waals surface area contributed by atoms with Crippen LogP contribution < -0.4 is 5.73 Å². The van der Waals surface area contributed by atoms with Crippen LogP contribution in [-0.4, -0.2) is 4.98 Å². The van der Waals surface area contributed by atoms with Gasteiger partial charge in [0.05, 0.1) is 0 Å². The normalized spacial score (nSPS) is 10.7. The first-order valence-corrected chi connectivity index (χ1v) is 5.56. The first kappa shape index (κ1) is 15.2. The highest BCUT2D eigenvalue weighted by molar-refractivity contribution is 9.08. The Morgan fingerprint density at radius 2 is 1.88 bits per heavy atom. The van der Waals surface area contributed by atoms with Crippen molar-refractivity contribution in [3.63, 3.8) is 0 Å². The first-order chi connectivity index (χ1) is 7.36. The smallest absolute Gasteiger partial charge is 0.383 e. The zero-order valence-corrected chi connectivity index (χ0v) is 10.3. The molecule has 0 unspecified atom stereocenters. The zero-order chi connectivity index (χ0) is 12.9. The summed E-state index contributed by atoms with van der Waals surface area (Å²) in [5, 5.41) is 0.0236. The molecule has 0 aliphatic heterocycles. The van der Waals surface area contributed by atoms with E-state index in [9.17, 15) is 17.6 Å². The van der Waals surface area contributed by atoms with Gasteiger partial charge in [-0.25, -0.2) is 9.37 Å². The Kier molecular flexibility index (Phi) is 5.71. The second-order valence-electron chi connectivity index (χ2n) is 2.48. The van der Waals surface area contributed by atoms with Crippen LogP contribution >= 0.6 is 15.9 Å². The van der Waals surface area contributed by atoms with Gasteiger partial charge in [-0.05, 0) is 0 Å². The summed E-state index contributed by atoms with van der Waals surface area (Å²) in [7, 11) is 0. The molecule has 2 N–H and O–H groups in total. The molecule has 2 nitrogen and oxygen atoms in total.